The van der Waals surface area contributed by atoms with Gasteiger partial charge in [0.15, 0.2) is 0 Å². The Kier molecular flexibility index (Phi) is 5.98. The topological polar surface area (TPSA) is 67.6 Å². The molecule has 1 aliphatic heterocycles. The number of likely N-dealkylation sites (tertiary alicyclic amines) is 1. The van der Waals surface area contributed by atoms with Gasteiger partial charge in [-0.15, -0.1) is 0 Å². The van der Waals surface area contributed by atoms with Gasteiger partial charge in [-0.1, -0.05) is 38.1 Å². The number of carbonyl (C=O) groups is 1. The average molecular weight is 393 g/mol. The van der Waals surface area contributed by atoms with Crippen LogP contribution in [0, 0.1) is 0 Å². The minimum atomic E-state index is -2.84. The summed E-state index contributed by atoms with van der Waals surface area (Å²) in [5.41, 5.74) is 1.54. The molecule has 6 nitrogen and oxygen atoms in total. The molecule has 1 aliphatic rings. The Morgan fingerprint density at radius 1 is 1.36 bits per heavy atom. The van der Waals surface area contributed by atoms with Crippen LogP contribution < -0.4 is 10.1 Å². The van der Waals surface area contributed by atoms with Gasteiger partial charge in [-0.25, -0.2) is 0 Å². The van der Waals surface area contributed by atoms with Crippen molar-refractivity contribution in [2.75, 3.05) is 11.9 Å². The first-order valence-corrected chi connectivity index (χ1v) is 9.28. The van der Waals surface area contributed by atoms with Crippen molar-refractivity contribution in [3.05, 3.63) is 41.6 Å². The van der Waals surface area contributed by atoms with Crippen LogP contribution >= 0.6 is 0 Å². The van der Waals surface area contributed by atoms with Crippen LogP contribution in [0.5, 0.6) is 5.75 Å². The van der Waals surface area contributed by atoms with Gasteiger partial charge >= 0.3 is 6.61 Å². The fourth-order valence-corrected chi connectivity index (χ4v) is 3.22. The van der Waals surface area contributed by atoms with Crippen LogP contribution in [0.3, 0.4) is 0 Å². The monoisotopic (exact) mass is 393 g/mol. The summed E-state index contributed by atoms with van der Waals surface area (Å²) in [7, 11) is 0. The van der Waals surface area contributed by atoms with Crippen molar-refractivity contribution in [2.45, 2.75) is 58.2 Å². The van der Waals surface area contributed by atoms with Crippen molar-refractivity contribution in [3.63, 3.8) is 0 Å². The number of ether oxygens (including phenoxy) is 1. The number of carbonyl (C=O) groups excluding carboxylic acids is 1. The van der Waals surface area contributed by atoms with Crippen LogP contribution in [0.25, 0.3) is 0 Å². The Hall–Kier alpha value is -2.48. The highest BCUT2D eigenvalue weighted by atomic mass is 19.3. The van der Waals surface area contributed by atoms with Gasteiger partial charge in [-0.3, -0.25) is 15.0 Å². The standard InChI is InChI=1S/C20H25F2N3O3/c1-20(2,3)16-11-17(28-24-16)23-18(26)15-5-4-10-25(15)12-13-6-8-14(9-7-13)27-19(21)22/h6-9,11,15,19H,4-5,10,12H2,1-3H3,(H,23,26). The van der Waals surface area contributed by atoms with E-state index in [2.05, 4.69) is 20.1 Å². The van der Waals surface area contributed by atoms with Gasteiger partial charge in [-0.2, -0.15) is 8.78 Å². The molecule has 2 aromatic rings. The summed E-state index contributed by atoms with van der Waals surface area (Å²) in [4.78, 5) is 14.8. The quantitative estimate of drug-likeness (QED) is 0.798. The molecule has 0 aliphatic carbocycles. The maximum Gasteiger partial charge on any atom is 0.387 e. The van der Waals surface area contributed by atoms with E-state index >= 15 is 0 Å². The number of halogens is 2. The summed E-state index contributed by atoms with van der Waals surface area (Å²) in [6, 6.07) is 7.96. The predicted molar refractivity (Wildman–Crippen MR) is 100 cm³/mol. The molecule has 1 fully saturated rings. The highest BCUT2D eigenvalue weighted by Crippen LogP contribution is 2.26. The van der Waals surface area contributed by atoms with Crippen LogP contribution in [-0.2, 0) is 16.8 Å². The zero-order chi connectivity index (χ0) is 20.3. The third-order valence-corrected chi connectivity index (χ3v) is 4.73. The number of aromatic nitrogens is 1. The molecule has 0 spiro atoms. The highest BCUT2D eigenvalue weighted by molar-refractivity contribution is 5.93. The van der Waals surface area contributed by atoms with Crippen molar-refractivity contribution in [1.29, 1.82) is 0 Å². The maximum absolute atomic E-state index is 12.7. The number of nitrogens with zero attached hydrogens (tertiary/aromatic N) is 2. The number of hydrogen-bond donors (Lipinski definition) is 1. The molecule has 3 rings (SSSR count). The molecule has 0 bridgehead atoms. The van der Waals surface area contributed by atoms with E-state index < -0.39 is 6.61 Å². The van der Waals surface area contributed by atoms with E-state index in [9.17, 15) is 13.6 Å². The number of rotatable bonds is 6. The van der Waals surface area contributed by atoms with Crippen LogP contribution in [0.4, 0.5) is 14.7 Å². The van der Waals surface area contributed by atoms with Crippen molar-refractivity contribution >= 4 is 11.8 Å². The summed E-state index contributed by atoms with van der Waals surface area (Å²) in [6.07, 6.45) is 1.66. The number of anilines is 1. The van der Waals surface area contributed by atoms with E-state index in [4.69, 9.17) is 4.52 Å². The molecule has 152 valence electrons. The molecule has 1 saturated heterocycles. The fraction of sp³-hybridized carbons (Fsp3) is 0.500. The van der Waals surface area contributed by atoms with Gasteiger partial charge in [0.25, 0.3) is 0 Å². The van der Waals surface area contributed by atoms with Crippen molar-refractivity contribution < 1.29 is 22.8 Å². The first-order valence-electron chi connectivity index (χ1n) is 9.28. The molecule has 2 heterocycles. The minimum Gasteiger partial charge on any atom is -0.435 e. The lowest BCUT2D eigenvalue weighted by Gasteiger charge is -2.23. The summed E-state index contributed by atoms with van der Waals surface area (Å²) in [5.74, 6) is 0.330. The van der Waals surface area contributed by atoms with Gasteiger partial charge in [0.2, 0.25) is 11.8 Å². The number of amides is 1. The van der Waals surface area contributed by atoms with Crippen LogP contribution in [0.15, 0.2) is 34.9 Å². The highest BCUT2D eigenvalue weighted by Gasteiger charge is 2.31. The SMILES string of the molecule is CC(C)(C)c1cc(NC(=O)C2CCCN2Cc2ccc(OC(F)F)cc2)on1. The van der Waals surface area contributed by atoms with Gasteiger partial charge in [-0.05, 0) is 37.1 Å². The van der Waals surface area contributed by atoms with E-state index in [0.29, 0.717) is 12.4 Å². The molecule has 1 aromatic heterocycles. The minimum absolute atomic E-state index is 0.120. The Labute approximate surface area is 162 Å². The number of nitrogens with one attached hydrogen (secondary N) is 1. The van der Waals surface area contributed by atoms with E-state index in [0.717, 1.165) is 30.6 Å². The molecule has 1 atom stereocenters. The van der Waals surface area contributed by atoms with Gasteiger partial charge in [0, 0.05) is 18.0 Å². The molecule has 1 unspecified atom stereocenters. The summed E-state index contributed by atoms with van der Waals surface area (Å²) in [5, 5.41) is 6.82. The second kappa shape index (κ2) is 8.26. The molecule has 0 radical (unpaired) electrons. The molecule has 1 N–H and O–H groups in total. The molecular weight excluding hydrogens is 368 g/mol. The second-order valence-corrected chi connectivity index (χ2v) is 7.97. The van der Waals surface area contributed by atoms with Crippen molar-refractivity contribution in [2.24, 2.45) is 0 Å². The van der Waals surface area contributed by atoms with Gasteiger partial charge in [0.1, 0.15) is 5.75 Å². The van der Waals surface area contributed by atoms with Gasteiger partial charge in [0.05, 0.1) is 11.7 Å². The first-order chi connectivity index (χ1) is 13.2. The lowest BCUT2D eigenvalue weighted by atomic mass is 9.92. The van der Waals surface area contributed by atoms with Crippen molar-refractivity contribution in [1.82, 2.24) is 10.1 Å². The van der Waals surface area contributed by atoms with Crippen LogP contribution in [0.2, 0.25) is 0 Å². The Balaban J connectivity index is 1.60. The summed E-state index contributed by atoms with van der Waals surface area (Å²) in [6.45, 7) is 4.56. The molecular formula is C20H25F2N3O3. The average Bonchev–Trinajstić information content (AvgIpc) is 3.25. The molecule has 1 amide bonds. The fourth-order valence-electron chi connectivity index (χ4n) is 3.22. The lowest BCUT2D eigenvalue weighted by Crippen LogP contribution is -2.39. The van der Waals surface area contributed by atoms with Crippen LogP contribution in [-0.4, -0.2) is 35.2 Å². The molecule has 1 aromatic carbocycles. The van der Waals surface area contributed by atoms with Crippen LogP contribution in [0.1, 0.15) is 44.9 Å². The molecule has 8 heteroatoms. The normalized spacial score (nSPS) is 17.9. The van der Waals surface area contributed by atoms with E-state index in [-0.39, 0.29) is 23.1 Å². The third-order valence-electron chi connectivity index (χ3n) is 4.73. The van der Waals surface area contributed by atoms with E-state index in [1.807, 2.05) is 20.8 Å². The maximum atomic E-state index is 12.7. The summed E-state index contributed by atoms with van der Waals surface area (Å²) >= 11 is 0. The smallest absolute Gasteiger partial charge is 0.387 e. The zero-order valence-electron chi connectivity index (χ0n) is 16.2. The Morgan fingerprint density at radius 3 is 2.68 bits per heavy atom. The van der Waals surface area contributed by atoms with E-state index in [1.54, 1.807) is 18.2 Å². The lowest BCUT2D eigenvalue weighted by molar-refractivity contribution is -0.120. The predicted octanol–water partition coefficient (Wildman–Crippen LogP) is 4.18. The molecule has 0 saturated carbocycles. The number of benzene rings is 1. The number of alkyl halides is 2. The largest absolute Gasteiger partial charge is 0.435 e. The molecule has 28 heavy (non-hydrogen) atoms. The zero-order valence-corrected chi connectivity index (χ0v) is 16.2. The third kappa shape index (κ3) is 5.07. The van der Waals surface area contributed by atoms with E-state index in [1.165, 1.54) is 12.1 Å². The second-order valence-electron chi connectivity index (χ2n) is 7.97. The Bertz CT molecular complexity index is 800. The van der Waals surface area contributed by atoms with Crippen molar-refractivity contribution in [3.8, 4) is 5.75 Å². The Morgan fingerprint density at radius 2 is 2.07 bits per heavy atom. The van der Waals surface area contributed by atoms with Gasteiger partial charge < -0.3 is 9.26 Å². The summed E-state index contributed by atoms with van der Waals surface area (Å²) < 4.78 is 34.1. The number of hydrogen-bond acceptors (Lipinski definition) is 5. The first kappa shape index (κ1) is 20.3.